The number of methoxy groups -OCH3 is 1. The van der Waals surface area contributed by atoms with Crippen LogP contribution in [0.4, 0.5) is 5.69 Å². The predicted octanol–water partition coefficient (Wildman–Crippen LogP) is 1.31. The number of benzene rings is 1. The van der Waals surface area contributed by atoms with E-state index in [1.54, 1.807) is 6.92 Å². The zero-order valence-corrected chi connectivity index (χ0v) is 7.77. The van der Waals surface area contributed by atoms with Gasteiger partial charge in [-0.05, 0) is 19.1 Å². The minimum atomic E-state index is -0.668. The summed E-state index contributed by atoms with van der Waals surface area (Å²) in [5.41, 5.74) is 2.79. The molecule has 0 heterocycles. The number of nitrogens with zero attached hydrogens (tertiary/aromatic N) is 1. The molecule has 76 valence electrons. The zero-order valence-electron chi connectivity index (χ0n) is 7.77. The van der Waals surface area contributed by atoms with Crippen molar-refractivity contribution in [2.75, 3.05) is 12.5 Å². The molecule has 0 radical (unpaired) electrons. The van der Waals surface area contributed by atoms with Gasteiger partial charge in [-0.1, -0.05) is 0 Å². The van der Waals surface area contributed by atoms with Crippen LogP contribution >= 0.6 is 0 Å². The van der Waals surface area contributed by atoms with Gasteiger partial charge in [-0.2, -0.15) is 0 Å². The SMILES string of the molecule is COc1c(O)ccc(N[N+](=O)[O-])c1C. The van der Waals surface area contributed by atoms with Gasteiger partial charge in [0, 0.05) is 5.56 Å². The van der Waals surface area contributed by atoms with E-state index >= 15 is 0 Å². The fourth-order valence-corrected chi connectivity index (χ4v) is 1.15. The van der Waals surface area contributed by atoms with E-state index in [2.05, 4.69) is 0 Å². The first-order valence-electron chi connectivity index (χ1n) is 3.84. The van der Waals surface area contributed by atoms with Gasteiger partial charge in [0.05, 0.1) is 7.11 Å². The number of rotatable bonds is 3. The normalized spacial score (nSPS) is 9.57. The number of phenolic OH excluding ortho intramolecular Hbond substituents is 1. The van der Waals surface area contributed by atoms with Crippen LogP contribution in [0.5, 0.6) is 11.5 Å². The molecular weight excluding hydrogens is 188 g/mol. The van der Waals surface area contributed by atoms with Gasteiger partial charge in [0.25, 0.3) is 0 Å². The number of hydrogen-bond donors (Lipinski definition) is 2. The Hall–Kier alpha value is -1.98. The third-order valence-corrected chi connectivity index (χ3v) is 1.80. The molecule has 14 heavy (non-hydrogen) atoms. The van der Waals surface area contributed by atoms with Crippen molar-refractivity contribution in [1.82, 2.24) is 0 Å². The summed E-state index contributed by atoms with van der Waals surface area (Å²) in [6.07, 6.45) is 0. The Balaban J connectivity index is 3.14. The molecule has 0 amide bonds. The van der Waals surface area contributed by atoms with Gasteiger partial charge >= 0.3 is 0 Å². The molecule has 0 aliphatic heterocycles. The van der Waals surface area contributed by atoms with E-state index in [1.807, 2.05) is 5.43 Å². The van der Waals surface area contributed by atoms with Crippen molar-refractivity contribution in [3.63, 3.8) is 0 Å². The number of anilines is 1. The molecule has 0 aliphatic rings. The molecule has 0 saturated heterocycles. The average molecular weight is 198 g/mol. The van der Waals surface area contributed by atoms with Gasteiger partial charge in [-0.3, -0.25) is 0 Å². The Kier molecular flexibility index (Phi) is 2.76. The van der Waals surface area contributed by atoms with Crippen molar-refractivity contribution in [2.24, 2.45) is 0 Å². The Bertz CT molecular complexity index is 365. The van der Waals surface area contributed by atoms with Gasteiger partial charge in [-0.25, -0.2) is 10.1 Å². The van der Waals surface area contributed by atoms with Crippen molar-refractivity contribution in [3.05, 3.63) is 27.8 Å². The number of aromatic hydroxyl groups is 1. The number of ether oxygens (including phenoxy) is 1. The van der Waals surface area contributed by atoms with E-state index in [9.17, 15) is 15.2 Å². The monoisotopic (exact) mass is 198 g/mol. The number of hydrazine groups is 1. The predicted molar refractivity (Wildman–Crippen MR) is 50.0 cm³/mol. The Morgan fingerprint density at radius 3 is 2.71 bits per heavy atom. The molecule has 0 saturated carbocycles. The second kappa shape index (κ2) is 3.82. The summed E-state index contributed by atoms with van der Waals surface area (Å²) in [5, 5.41) is 18.9. The van der Waals surface area contributed by atoms with Crippen LogP contribution in [0.25, 0.3) is 0 Å². The van der Waals surface area contributed by atoms with Crippen LogP contribution in [0, 0.1) is 17.0 Å². The average Bonchev–Trinajstić information content (AvgIpc) is 2.10. The fraction of sp³-hybridized carbons (Fsp3) is 0.250. The molecule has 6 nitrogen and oxygen atoms in total. The van der Waals surface area contributed by atoms with Crippen LogP contribution in [0.1, 0.15) is 5.56 Å². The molecule has 0 spiro atoms. The van der Waals surface area contributed by atoms with Gasteiger partial charge in [0.15, 0.2) is 16.5 Å². The second-order valence-electron chi connectivity index (χ2n) is 2.66. The van der Waals surface area contributed by atoms with E-state index in [0.717, 1.165) is 0 Å². The molecular formula is C8H10N2O4. The topological polar surface area (TPSA) is 84.6 Å². The summed E-state index contributed by atoms with van der Waals surface area (Å²) in [6, 6.07) is 2.74. The van der Waals surface area contributed by atoms with Crippen molar-refractivity contribution < 1.29 is 14.9 Å². The molecule has 0 aliphatic carbocycles. The third-order valence-electron chi connectivity index (χ3n) is 1.80. The quantitative estimate of drug-likeness (QED) is 0.434. The number of nitro groups is 1. The maximum absolute atomic E-state index is 10.2. The highest BCUT2D eigenvalue weighted by molar-refractivity contribution is 5.60. The summed E-state index contributed by atoms with van der Waals surface area (Å²) in [6.45, 7) is 1.62. The molecule has 1 aromatic carbocycles. The molecule has 0 aromatic heterocycles. The molecule has 6 heteroatoms. The van der Waals surface area contributed by atoms with E-state index in [0.29, 0.717) is 11.3 Å². The summed E-state index contributed by atoms with van der Waals surface area (Å²) in [4.78, 5) is 10.2. The first-order chi connectivity index (χ1) is 6.56. The van der Waals surface area contributed by atoms with Crippen molar-refractivity contribution in [3.8, 4) is 11.5 Å². The number of hydrogen-bond acceptors (Lipinski definition) is 4. The Morgan fingerprint density at radius 2 is 2.21 bits per heavy atom. The molecule has 1 aromatic rings. The number of nitrogens with one attached hydrogen (secondary N) is 1. The van der Waals surface area contributed by atoms with Crippen molar-refractivity contribution in [1.29, 1.82) is 0 Å². The highest BCUT2D eigenvalue weighted by Crippen LogP contribution is 2.34. The molecule has 1 rings (SSSR count). The Morgan fingerprint density at radius 1 is 1.57 bits per heavy atom. The molecule has 0 atom stereocenters. The summed E-state index contributed by atoms with van der Waals surface area (Å²) in [5.74, 6) is 0.191. The smallest absolute Gasteiger partial charge is 0.165 e. The van der Waals surface area contributed by atoms with E-state index in [4.69, 9.17) is 4.74 Å². The van der Waals surface area contributed by atoms with Gasteiger partial charge in [0.2, 0.25) is 0 Å². The van der Waals surface area contributed by atoms with Gasteiger partial charge in [0.1, 0.15) is 5.69 Å². The van der Waals surface area contributed by atoms with Crippen molar-refractivity contribution in [2.45, 2.75) is 6.92 Å². The van der Waals surface area contributed by atoms with Crippen LogP contribution in [0.3, 0.4) is 0 Å². The molecule has 0 bridgehead atoms. The van der Waals surface area contributed by atoms with Crippen LogP contribution < -0.4 is 10.2 Å². The lowest BCUT2D eigenvalue weighted by Gasteiger charge is -2.09. The van der Waals surface area contributed by atoms with E-state index in [-0.39, 0.29) is 11.5 Å². The summed E-state index contributed by atoms with van der Waals surface area (Å²) in [7, 11) is 1.39. The van der Waals surface area contributed by atoms with Crippen LogP contribution in [0.2, 0.25) is 0 Å². The number of phenols is 1. The third kappa shape index (κ3) is 1.85. The lowest BCUT2D eigenvalue weighted by Crippen LogP contribution is -2.09. The van der Waals surface area contributed by atoms with Crippen molar-refractivity contribution >= 4 is 5.69 Å². The Labute approximate surface area is 80.2 Å². The standard InChI is InChI=1S/C8H10N2O4/c1-5-6(9-10(12)13)3-4-7(11)8(5)14-2/h3-4,9,11H,1-2H3. The maximum Gasteiger partial charge on any atom is 0.165 e. The van der Waals surface area contributed by atoms with E-state index in [1.165, 1.54) is 19.2 Å². The molecule has 0 unspecified atom stereocenters. The summed E-state index contributed by atoms with van der Waals surface area (Å²) < 4.78 is 4.89. The second-order valence-corrected chi connectivity index (χ2v) is 2.66. The van der Waals surface area contributed by atoms with Crippen LogP contribution in [-0.2, 0) is 0 Å². The first kappa shape index (κ1) is 10.1. The minimum absolute atomic E-state index is 0.0427. The lowest BCUT2D eigenvalue weighted by atomic mass is 10.1. The van der Waals surface area contributed by atoms with Gasteiger partial charge in [-0.15, -0.1) is 5.43 Å². The zero-order chi connectivity index (χ0) is 10.7. The minimum Gasteiger partial charge on any atom is -0.504 e. The largest absolute Gasteiger partial charge is 0.504 e. The highest BCUT2D eigenvalue weighted by Gasteiger charge is 2.12. The first-order valence-corrected chi connectivity index (χ1v) is 3.84. The van der Waals surface area contributed by atoms with Crippen LogP contribution in [0.15, 0.2) is 12.1 Å². The van der Waals surface area contributed by atoms with Gasteiger partial charge < -0.3 is 9.84 Å². The molecule has 2 N–H and O–H groups in total. The maximum atomic E-state index is 10.2. The molecule has 0 fully saturated rings. The summed E-state index contributed by atoms with van der Waals surface area (Å²) >= 11 is 0. The highest BCUT2D eigenvalue weighted by atomic mass is 16.7. The lowest BCUT2D eigenvalue weighted by molar-refractivity contribution is -0.445. The van der Waals surface area contributed by atoms with Crippen LogP contribution in [-0.4, -0.2) is 17.2 Å². The fourth-order valence-electron chi connectivity index (χ4n) is 1.15. The van der Waals surface area contributed by atoms with E-state index < -0.39 is 5.03 Å².